The summed E-state index contributed by atoms with van der Waals surface area (Å²) in [5.41, 5.74) is 2.79. The number of nitrogens with zero attached hydrogens (tertiary/aromatic N) is 1. The number of ether oxygens (including phenoxy) is 2. The van der Waals surface area contributed by atoms with Gasteiger partial charge in [0.25, 0.3) is 0 Å². The van der Waals surface area contributed by atoms with Crippen molar-refractivity contribution in [1.82, 2.24) is 5.32 Å². The average molecular weight is 292 g/mol. The largest absolute Gasteiger partial charge is 0.374 e. The van der Waals surface area contributed by atoms with Crippen LogP contribution in [0.3, 0.4) is 0 Å². The van der Waals surface area contributed by atoms with Crippen LogP contribution in [0.4, 0.5) is 5.69 Å². The maximum atomic E-state index is 5.76. The molecular formula is C17H28N2O2. The van der Waals surface area contributed by atoms with E-state index in [0.29, 0.717) is 19.1 Å². The van der Waals surface area contributed by atoms with E-state index in [0.717, 1.165) is 13.0 Å². The Bertz CT molecular complexity index is 433. The first kappa shape index (κ1) is 16.3. The molecule has 0 radical (unpaired) electrons. The third-order valence-corrected chi connectivity index (χ3v) is 4.18. The molecule has 0 fully saturated rings. The van der Waals surface area contributed by atoms with E-state index in [1.165, 1.54) is 11.3 Å². The van der Waals surface area contributed by atoms with Gasteiger partial charge in [0, 0.05) is 38.4 Å². The summed E-state index contributed by atoms with van der Waals surface area (Å²) >= 11 is 0. The van der Waals surface area contributed by atoms with E-state index in [1.54, 1.807) is 0 Å². The van der Waals surface area contributed by atoms with Crippen molar-refractivity contribution in [2.45, 2.75) is 38.5 Å². The predicted octanol–water partition coefficient (Wildman–Crippen LogP) is 2.60. The first-order valence-corrected chi connectivity index (χ1v) is 7.91. The SMILES string of the molecule is CCOC(OCC)C(CC1CN(C)c2ccccc21)NC. The van der Waals surface area contributed by atoms with Crippen molar-refractivity contribution >= 4 is 5.69 Å². The Balaban J connectivity index is 2.08. The van der Waals surface area contributed by atoms with Crippen LogP contribution in [0.2, 0.25) is 0 Å². The van der Waals surface area contributed by atoms with Crippen molar-refractivity contribution in [3.63, 3.8) is 0 Å². The van der Waals surface area contributed by atoms with E-state index >= 15 is 0 Å². The Morgan fingerprint density at radius 3 is 2.52 bits per heavy atom. The van der Waals surface area contributed by atoms with Gasteiger partial charge in [0.15, 0.2) is 6.29 Å². The van der Waals surface area contributed by atoms with Gasteiger partial charge in [-0.15, -0.1) is 0 Å². The fourth-order valence-electron chi connectivity index (χ4n) is 3.19. The second-order valence-electron chi connectivity index (χ2n) is 5.55. The third-order valence-electron chi connectivity index (χ3n) is 4.18. The molecule has 0 saturated heterocycles. The molecule has 21 heavy (non-hydrogen) atoms. The normalized spacial score (nSPS) is 19.1. The number of nitrogens with one attached hydrogen (secondary N) is 1. The van der Waals surface area contributed by atoms with E-state index in [9.17, 15) is 0 Å². The van der Waals surface area contributed by atoms with Gasteiger partial charge in [-0.2, -0.15) is 0 Å². The van der Waals surface area contributed by atoms with Crippen molar-refractivity contribution in [1.29, 1.82) is 0 Å². The summed E-state index contributed by atoms with van der Waals surface area (Å²) in [7, 11) is 4.15. The zero-order valence-electron chi connectivity index (χ0n) is 13.6. The zero-order chi connectivity index (χ0) is 15.2. The van der Waals surface area contributed by atoms with Crippen molar-refractivity contribution in [2.24, 2.45) is 0 Å². The Morgan fingerprint density at radius 2 is 1.90 bits per heavy atom. The molecule has 0 aromatic heterocycles. The number of fused-ring (bicyclic) bond motifs is 1. The summed E-state index contributed by atoms with van der Waals surface area (Å²) in [6.45, 7) is 6.42. The Labute approximate surface area is 128 Å². The van der Waals surface area contributed by atoms with Gasteiger partial charge in [-0.25, -0.2) is 0 Å². The number of rotatable bonds is 8. The Morgan fingerprint density at radius 1 is 1.24 bits per heavy atom. The first-order chi connectivity index (χ1) is 10.2. The molecule has 2 rings (SSSR count). The molecule has 1 aromatic rings. The fourth-order valence-corrected chi connectivity index (χ4v) is 3.19. The van der Waals surface area contributed by atoms with Crippen molar-refractivity contribution in [3.8, 4) is 0 Å². The molecule has 1 N–H and O–H groups in total. The molecule has 0 amide bonds. The van der Waals surface area contributed by atoms with E-state index < -0.39 is 0 Å². The van der Waals surface area contributed by atoms with Gasteiger partial charge < -0.3 is 19.7 Å². The van der Waals surface area contributed by atoms with Crippen LogP contribution >= 0.6 is 0 Å². The minimum absolute atomic E-state index is 0.178. The van der Waals surface area contributed by atoms with Crippen molar-refractivity contribution < 1.29 is 9.47 Å². The van der Waals surface area contributed by atoms with Crippen LogP contribution in [0.15, 0.2) is 24.3 Å². The molecule has 4 nitrogen and oxygen atoms in total. The van der Waals surface area contributed by atoms with Crippen LogP contribution < -0.4 is 10.2 Å². The molecule has 118 valence electrons. The first-order valence-electron chi connectivity index (χ1n) is 7.91. The number of para-hydroxylation sites is 1. The van der Waals surface area contributed by atoms with Crippen LogP contribution in [0.1, 0.15) is 31.7 Å². The molecule has 4 heteroatoms. The number of anilines is 1. The predicted molar refractivity (Wildman–Crippen MR) is 87.0 cm³/mol. The average Bonchev–Trinajstić information content (AvgIpc) is 2.81. The van der Waals surface area contributed by atoms with Gasteiger partial charge in [0.1, 0.15) is 0 Å². The lowest BCUT2D eigenvalue weighted by atomic mass is 9.93. The highest BCUT2D eigenvalue weighted by molar-refractivity contribution is 5.59. The number of hydrogen-bond donors (Lipinski definition) is 1. The maximum Gasteiger partial charge on any atom is 0.172 e. The molecule has 1 aromatic carbocycles. The molecule has 1 aliphatic heterocycles. The summed E-state index contributed by atoms with van der Waals surface area (Å²) in [4.78, 5) is 2.34. The van der Waals surface area contributed by atoms with Crippen molar-refractivity contribution in [2.75, 3.05) is 38.8 Å². The van der Waals surface area contributed by atoms with Gasteiger partial charge >= 0.3 is 0 Å². The van der Waals surface area contributed by atoms with Crippen LogP contribution in [0.25, 0.3) is 0 Å². The molecule has 1 heterocycles. The lowest BCUT2D eigenvalue weighted by molar-refractivity contribution is -0.154. The van der Waals surface area contributed by atoms with Gasteiger partial charge in [0.05, 0.1) is 6.04 Å². The molecule has 1 aliphatic rings. The van der Waals surface area contributed by atoms with E-state index in [4.69, 9.17) is 9.47 Å². The summed E-state index contributed by atoms with van der Waals surface area (Å²) in [6, 6.07) is 8.88. The quantitative estimate of drug-likeness (QED) is 0.747. The highest BCUT2D eigenvalue weighted by Crippen LogP contribution is 2.37. The third kappa shape index (κ3) is 3.76. The lowest BCUT2D eigenvalue weighted by Crippen LogP contribution is -2.42. The lowest BCUT2D eigenvalue weighted by Gasteiger charge is -2.28. The maximum absolute atomic E-state index is 5.76. The second-order valence-corrected chi connectivity index (χ2v) is 5.55. The van der Waals surface area contributed by atoms with Crippen LogP contribution in [-0.2, 0) is 9.47 Å². The summed E-state index contributed by atoms with van der Waals surface area (Å²) in [6.07, 6.45) is 0.839. The summed E-state index contributed by atoms with van der Waals surface area (Å²) in [5.74, 6) is 0.520. The van der Waals surface area contributed by atoms with Gasteiger partial charge in [0.2, 0.25) is 0 Å². The van der Waals surface area contributed by atoms with Gasteiger partial charge in [-0.1, -0.05) is 18.2 Å². The van der Waals surface area contributed by atoms with E-state index in [1.807, 2.05) is 20.9 Å². The highest BCUT2D eigenvalue weighted by Gasteiger charge is 2.31. The van der Waals surface area contributed by atoms with Gasteiger partial charge in [-0.3, -0.25) is 0 Å². The van der Waals surface area contributed by atoms with Crippen LogP contribution in [0, 0.1) is 0 Å². The minimum atomic E-state index is -0.178. The second kappa shape index (κ2) is 7.78. The molecule has 2 unspecified atom stereocenters. The minimum Gasteiger partial charge on any atom is -0.374 e. The number of benzene rings is 1. The fraction of sp³-hybridized carbons (Fsp3) is 0.647. The highest BCUT2D eigenvalue weighted by atomic mass is 16.7. The number of likely N-dealkylation sites (N-methyl/N-ethyl adjacent to an activating group) is 2. The van der Waals surface area contributed by atoms with Gasteiger partial charge in [-0.05, 0) is 38.9 Å². The van der Waals surface area contributed by atoms with Crippen LogP contribution in [0.5, 0.6) is 0 Å². The molecule has 0 spiro atoms. The summed E-state index contributed by atoms with van der Waals surface area (Å²) < 4.78 is 11.5. The molecule has 2 atom stereocenters. The standard InChI is InChI=1S/C17H28N2O2/c1-5-20-17(21-6-2)15(18-3)11-13-12-19(4)16-10-8-7-9-14(13)16/h7-10,13,15,17-18H,5-6,11-12H2,1-4H3. The molecule has 0 saturated carbocycles. The molecule has 0 aliphatic carbocycles. The molecular weight excluding hydrogens is 264 g/mol. The van der Waals surface area contributed by atoms with E-state index in [2.05, 4.69) is 41.5 Å². The van der Waals surface area contributed by atoms with Crippen LogP contribution in [-0.4, -0.2) is 46.2 Å². The monoisotopic (exact) mass is 292 g/mol. The van der Waals surface area contributed by atoms with E-state index in [-0.39, 0.29) is 12.3 Å². The smallest absolute Gasteiger partial charge is 0.172 e. The molecule has 0 bridgehead atoms. The topological polar surface area (TPSA) is 33.7 Å². The zero-order valence-corrected chi connectivity index (χ0v) is 13.6. The number of hydrogen-bond acceptors (Lipinski definition) is 4. The summed E-state index contributed by atoms with van der Waals surface area (Å²) in [5, 5.41) is 3.38. The van der Waals surface area contributed by atoms with Crippen molar-refractivity contribution in [3.05, 3.63) is 29.8 Å². The Hall–Kier alpha value is -1.10. The Kier molecular flexibility index (Phi) is 6.03.